The maximum absolute atomic E-state index is 3.59. The Balaban J connectivity index is 0.000000314. The van der Waals surface area contributed by atoms with Gasteiger partial charge in [0.2, 0.25) is 0 Å². The van der Waals surface area contributed by atoms with Gasteiger partial charge in [0.15, 0.2) is 0 Å². The molecule has 0 aromatic heterocycles. The number of hydrogen-bond donors (Lipinski definition) is 0. The first kappa shape index (κ1) is 35.3. The van der Waals surface area contributed by atoms with E-state index >= 15 is 0 Å². The molecular weight excluding hydrogens is 623 g/mol. The van der Waals surface area contributed by atoms with Gasteiger partial charge < -0.3 is 0 Å². The predicted molar refractivity (Wildman–Crippen MR) is 174 cm³/mol. The van der Waals surface area contributed by atoms with Crippen molar-refractivity contribution in [2.75, 3.05) is 0 Å². The summed E-state index contributed by atoms with van der Waals surface area (Å²) in [6.07, 6.45) is 11.0. The van der Waals surface area contributed by atoms with Crippen molar-refractivity contribution in [3.63, 3.8) is 0 Å². The number of rotatable bonds is 1. The molecular formula is C36H32Cl2SiZr-4. The van der Waals surface area contributed by atoms with Crippen LogP contribution in [-0.4, -0.2) is 6.88 Å². The maximum Gasteiger partial charge on any atom is -0.0195 e. The minimum atomic E-state index is 0. The second kappa shape index (κ2) is 22.0. The van der Waals surface area contributed by atoms with Crippen molar-refractivity contribution in [2.45, 2.75) is 12.8 Å². The van der Waals surface area contributed by atoms with E-state index in [9.17, 15) is 0 Å². The van der Waals surface area contributed by atoms with Gasteiger partial charge in [0.1, 0.15) is 0 Å². The van der Waals surface area contributed by atoms with Crippen LogP contribution < -0.4 is 0 Å². The van der Waals surface area contributed by atoms with Gasteiger partial charge in [0.05, 0.1) is 0 Å². The molecule has 0 saturated carbocycles. The average Bonchev–Trinajstić information content (AvgIpc) is 3.73. The monoisotopic (exact) mass is 652 g/mol. The summed E-state index contributed by atoms with van der Waals surface area (Å²) in [6.45, 7) is 1.95. The first-order valence-corrected chi connectivity index (χ1v) is 18.4. The van der Waals surface area contributed by atoms with Crippen LogP contribution in [0, 0.1) is 24.3 Å². The third-order valence-corrected chi connectivity index (χ3v) is 5.59. The van der Waals surface area contributed by atoms with E-state index < -0.39 is 0 Å². The van der Waals surface area contributed by atoms with Crippen LogP contribution in [0.1, 0.15) is 17.5 Å². The van der Waals surface area contributed by atoms with E-state index in [4.69, 9.17) is 0 Å². The minimum absolute atomic E-state index is 0. The van der Waals surface area contributed by atoms with Gasteiger partial charge in [0.25, 0.3) is 0 Å². The first-order chi connectivity index (χ1) is 18.9. The van der Waals surface area contributed by atoms with E-state index in [1.165, 1.54) is 33.4 Å². The molecule has 2 aliphatic carbocycles. The van der Waals surface area contributed by atoms with Crippen LogP contribution in [-0.2, 0) is 29.8 Å². The van der Waals surface area contributed by atoms with Crippen LogP contribution in [0.4, 0.5) is 0 Å². The Bertz CT molecular complexity index is 1290. The molecule has 0 bridgehead atoms. The molecule has 0 heterocycles. The van der Waals surface area contributed by atoms with Crippen molar-refractivity contribution in [3.8, 4) is 22.3 Å². The van der Waals surface area contributed by atoms with Crippen LogP contribution in [0.5, 0.6) is 0 Å². The van der Waals surface area contributed by atoms with Crippen molar-refractivity contribution in [3.05, 3.63) is 181 Å². The molecule has 40 heavy (non-hydrogen) atoms. The van der Waals surface area contributed by atoms with E-state index in [0.717, 1.165) is 12.8 Å². The fraction of sp³-hybridized carbons (Fsp3) is 0.0556. The van der Waals surface area contributed by atoms with Gasteiger partial charge in [-0.1, -0.05) is 71.3 Å². The molecule has 0 nitrogen and oxygen atoms in total. The van der Waals surface area contributed by atoms with Gasteiger partial charge in [0, 0.05) is 0 Å². The van der Waals surface area contributed by atoms with Crippen molar-refractivity contribution in [2.24, 2.45) is 0 Å². The summed E-state index contributed by atoms with van der Waals surface area (Å²) in [5.74, 6) is 0. The number of fused-ring (bicyclic) bond motifs is 3. The van der Waals surface area contributed by atoms with E-state index in [-0.39, 0.29) is 24.8 Å². The Morgan fingerprint density at radius 1 is 0.600 bits per heavy atom. The average molecular weight is 655 g/mol. The standard InChI is InChI=1S/C19H13.2C6H5.C5H5.2ClH.H2Si.Zr/c1-2-6-14(7-3-1)15-10-11-19-17(12-15)13-16-8-4-5-9-18(16)19;2*1-2-4-6-5-3-1;1-2-4-5-3-1;;;;/h1-11H,13H2;2*1-5H;1-3H,4H2;2*1H;1H2;/q4*-1;;;;. The topological polar surface area (TPSA) is 0 Å². The molecule has 4 heteroatoms. The molecule has 5 aromatic carbocycles. The van der Waals surface area contributed by atoms with Gasteiger partial charge in [-0.05, 0) is 12.0 Å². The Morgan fingerprint density at radius 3 is 1.65 bits per heavy atom. The Hall–Kier alpha value is -2.74. The van der Waals surface area contributed by atoms with E-state index in [1.807, 2.05) is 85.8 Å². The van der Waals surface area contributed by atoms with Crippen LogP contribution in [0.15, 0.2) is 146 Å². The van der Waals surface area contributed by atoms with Crippen molar-refractivity contribution < 1.29 is 23.3 Å². The number of allylic oxidation sites excluding steroid dienone is 4. The molecule has 5 aromatic rings. The van der Waals surface area contributed by atoms with Crippen molar-refractivity contribution in [1.82, 2.24) is 0 Å². The van der Waals surface area contributed by atoms with Crippen LogP contribution in [0.2, 0.25) is 0 Å². The molecule has 7 rings (SSSR count). The van der Waals surface area contributed by atoms with Gasteiger partial charge in [-0.25, -0.2) is 12.2 Å². The summed E-state index contributed by atoms with van der Waals surface area (Å²) in [4.78, 5) is 0. The number of halogens is 2. The van der Waals surface area contributed by atoms with Gasteiger partial charge in [-0.15, -0.1) is 60.6 Å². The summed E-state index contributed by atoms with van der Waals surface area (Å²) in [5.41, 5.74) is 7.87. The molecule has 2 aliphatic rings. The van der Waals surface area contributed by atoms with Crippen LogP contribution >= 0.6 is 24.8 Å². The maximum atomic E-state index is 3.59. The van der Waals surface area contributed by atoms with Gasteiger partial charge in [-0.3, -0.25) is 6.08 Å². The van der Waals surface area contributed by atoms with E-state index in [1.54, 1.807) is 23.3 Å². The summed E-state index contributed by atoms with van der Waals surface area (Å²) in [6, 6.07) is 52.1. The van der Waals surface area contributed by atoms with Gasteiger partial charge >= 0.3 is 30.2 Å². The number of hydrogen-bond acceptors (Lipinski definition) is 0. The molecule has 0 N–H and O–H groups in total. The second-order valence-corrected chi connectivity index (χ2v) is 8.12. The molecule has 0 radical (unpaired) electrons. The molecule has 0 fully saturated rings. The van der Waals surface area contributed by atoms with Crippen molar-refractivity contribution >= 4 is 31.7 Å². The third-order valence-electron chi connectivity index (χ3n) is 5.59. The molecule has 0 aliphatic heterocycles. The SMILES string of the molecule is Cl.Cl.[C-]1=CC=CC1.[SiH2]=[Zr].[c-]1c(-c2ccccc2)ccc2c1Cc1ccccc1-2.[c-]1ccccc1.[c-]1ccccc1. The zero-order valence-electron chi connectivity index (χ0n) is 22.3. The largest absolute Gasteiger partial charge is 0.184 e. The van der Waals surface area contributed by atoms with Crippen LogP contribution in [0.25, 0.3) is 22.3 Å². The molecule has 0 spiro atoms. The van der Waals surface area contributed by atoms with Gasteiger partial charge in [-0.2, -0.15) is 78.9 Å². The Morgan fingerprint density at radius 2 is 1.18 bits per heavy atom. The predicted octanol–water partition coefficient (Wildman–Crippen LogP) is 8.93. The van der Waals surface area contributed by atoms with Crippen molar-refractivity contribution in [1.29, 1.82) is 0 Å². The Labute approximate surface area is 269 Å². The fourth-order valence-electron chi connectivity index (χ4n) is 3.87. The second-order valence-electron chi connectivity index (χ2n) is 8.12. The summed E-state index contributed by atoms with van der Waals surface area (Å²) >= 11 is 1.58. The quantitative estimate of drug-likeness (QED) is 0.123. The molecule has 0 amide bonds. The molecule has 0 saturated heterocycles. The Kier molecular flexibility index (Phi) is 19.4. The smallest absolute Gasteiger partial charge is 0.0195 e. The number of benzene rings is 5. The first-order valence-electron chi connectivity index (χ1n) is 12.5. The summed E-state index contributed by atoms with van der Waals surface area (Å²) < 4.78 is 0. The summed E-state index contributed by atoms with van der Waals surface area (Å²) in [7, 11) is 0. The zero-order valence-corrected chi connectivity index (χ0v) is 27.8. The molecule has 0 unspecified atom stereocenters. The third kappa shape index (κ3) is 12.2. The normalized spacial score (nSPS) is 10.4. The summed E-state index contributed by atoms with van der Waals surface area (Å²) in [5, 5.41) is 0. The van der Waals surface area contributed by atoms with Crippen LogP contribution in [0.3, 0.4) is 0 Å². The van der Waals surface area contributed by atoms with E-state index in [2.05, 4.69) is 91.0 Å². The molecule has 0 atom stereocenters. The molecule has 202 valence electrons. The minimum Gasteiger partial charge on any atom is -0.184 e. The van der Waals surface area contributed by atoms with E-state index in [0.29, 0.717) is 0 Å². The zero-order chi connectivity index (χ0) is 26.7. The fourth-order valence-corrected chi connectivity index (χ4v) is 3.87.